The molecule has 0 radical (unpaired) electrons. The van der Waals surface area contributed by atoms with Crippen LogP contribution in [0.2, 0.25) is 0 Å². The zero-order valence-electron chi connectivity index (χ0n) is 13.5. The molecule has 2 aromatic rings. The second-order valence-corrected chi connectivity index (χ2v) is 5.90. The monoisotopic (exact) mass is 343 g/mol. The fourth-order valence-corrected chi connectivity index (χ4v) is 2.28. The van der Waals surface area contributed by atoms with E-state index in [1.54, 1.807) is 12.1 Å². The second-order valence-electron chi connectivity index (χ2n) is 5.90. The highest BCUT2D eigenvalue weighted by atomic mass is 19.1. The minimum absolute atomic E-state index is 0.164. The third kappa shape index (κ3) is 3.08. The summed E-state index contributed by atoms with van der Waals surface area (Å²) in [5, 5.41) is 0.419. The Morgan fingerprint density at radius 2 is 1.48 bits per heavy atom. The lowest BCUT2D eigenvalue weighted by atomic mass is 10.1. The van der Waals surface area contributed by atoms with Gasteiger partial charge in [-0.15, -0.1) is 0 Å². The molecule has 2 amide bonds. The van der Waals surface area contributed by atoms with Gasteiger partial charge in [0.2, 0.25) is 5.60 Å². The molecule has 0 spiro atoms. The molecule has 2 aromatic carbocycles. The van der Waals surface area contributed by atoms with Gasteiger partial charge in [-0.2, -0.15) is 0 Å². The van der Waals surface area contributed by atoms with Crippen molar-refractivity contribution in [3.8, 4) is 5.75 Å². The Labute approximate surface area is 142 Å². The van der Waals surface area contributed by atoms with Gasteiger partial charge in [0.05, 0.1) is 11.1 Å². The first-order valence-corrected chi connectivity index (χ1v) is 7.44. The van der Waals surface area contributed by atoms with Crippen LogP contribution in [0.5, 0.6) is 5.75 Å². The number of carbonyl (C=O) groups excluding carboxylic acids is 3. The summed E-state index contributed by atoms with van der Waals surface area (Å²) < 4.78 is 18.4. The number of fused-ring (bicyclic) bond motifs is 1. The number of nitrogens with zero attached hydrogens (tertiary/aromatic N) is 1. The molecule has 0 saturated heterocycles. The van der Waals surface area contributed by atoms with Crippen LogP contribution in [0.1, 0.15) is 34.6 Å². The summed E-state index contributed by atoms with van der Waals surface area (Å²) in [7, 11) is 0. The van der Waals surface area contributed by atoms with Crippen LogP contribution >= 0.6 is 0 Å². The molecule has 0 fully saturated rings. The van der Waals surface area contributed by atoms with Crippen LogP contribution < -0.4 is 4.74 Å². The van der Waals surface area contributed by atoms with Gasteiger partial charge in [0.1, 0.15) is 11.6 Å². The third-order valence-corrected chi connectivity index (χ3v) is 3.61. The molecule has 7 heteroatoms. The normalized spacial score (nSPS) is 13.6. The maximum absolute atomic E-state index is 12.9. The second kappa shape index (κ2) is 6.01. The van der Waals surface area contributed by atoms with Gasteiger partial charge >= 0.3 is 5.97 Å². The number of carbonyl (C=O) groups is 3. The molecule has 0 aliphatic carbocycles. The van der Waals surface area contributed by atoms with E-state index in [-0.39, 0.29) is 16.9 Å². The van der Waals surface area contributed by atoms with Crippen molar-refractivity contribution in [3.05, 3.63) is 65.5 Å². The highest BCUT2D eigenvalue weighted by molar-refractivity contribution is 6.20. The van der Waals surface area contributed by atoms with E-state index < -0.39 is 29.2 Å². The Morgan fingerprint density at radius 1 is 0.960 bits per heavy atom. The van der Waals surface area contributed by atoms with Crippen molar-refractivity contribution in [1.29, 1.82) is 0 Å². The number of hydrogen-bond acceptors (Lipinski definition) is 5. The molecule has 3 rings (SSSR count). The van der Waals surface area contributed by atoms with Crippen molar-refractivity contribution in [1.82, 2.24) is 5.06 Å². The lowest BCUT2D eigenvalue weighted by Crippen LogP contribution is -2.45. The molecule has 128 valence electrons. The summed E-state index contributed by atoms with van der Waals surface area (Å²) in [5.41, 5.74) is -1.18. The van der Waals surface area contributed by atoms with Gasteiger partial charge in [0, 0.05) is 0 Å². The summed E-state index contributed by atoms with van der Waals surface area (Å²) in [6.45, 7) is 2.83. The van der Waals surface area contributed by atoms with Gasteiger partial charge in [-0.3, -0.25) is 9.59 Å². The first-order valence-electron chi connectivity index (χ1n) is 7.44. The number of hydroxylamine groups is 2. The van der Waals surface area contributed by atoms with Crippen LogP contribution in [0.15, 0.2) is 48.5 Å². The molecule has 1 aliphatic rings. The molecule has 1 heterocycles. The number of ether oxygens (including phenoxy) is 1. The zero-order chi connectivity index (χ0) is 18.2. The van der Waals surface area contributed by atoms with E-state index in [0.29, 0.717) is 5.06 Å². The Morgan fingerprint density at radius 3 is 2.00 bits per heavy atom. The number of halogens is 1. The molecule has 1 aliphatic heterocycles. The van der Waals surface area contributed by atoms with Crippen molar-refractivity contribution in [2.24, 2.45) is 0 Å². The fourth-order valence-electron chi connectivity index (χ4n) is 2.28. The highest BCUT2D eigenvalue weighted by Crippen LogP contribution is 2.25. The predicted molar refractivity (Wildman–Crippen MR) is 84.1 cm³/mol. The molecule has 0 N–H and O–H groups in total. The van der Waals surface area contributed by atoms with Crippen LogP contribution in [0.25, 0.3) is 0 Å². The predicted octanol–water partition coefficient (Wildman–Crippen LogP) is 2.74. The minimum Gasteiger partial charge on any atom is -0.476 e. The quantitative estimate of drug-likeness (QED) is 0.798. The van der Waals surface area contributed by atoms with E-state index in [9.17, 15) is 18.8 Å². The van der Waals surface area contributed by atoms with E-state index in [1.165, 1.54) is 50.2 Å². The first-order chi connectivity index (χ1) is 11.8. The SMILES string of the molecule is CC(C)(Oc1ccc(F)cc1)C(=O)ON1C(=O)c2ccccc2C1=O. The van der Waals surface area contributed by atoms with E-state index >= 15 is 0 Å². The van der Waals surface area contributed by atoms with Crippen molar-refractivity contribution >= 4 is 17.8 Å². The van der Waals surface area contributed by atoms with Crippen LogP contribution in [0.3, 0.4) is 0 Å². The van der Waals surface area contributed by atoms with E-state index in [1.807, 2.05) is 0 Å². The fraction of sp³-hybridized carbons (Fsp3) is 0.167. The van der Waals surface area contributed by atoms with Crippen molar-refractivity contribution in [3.63, 3.8) is 0 Å². The average molecular weight is 343 g/mol. The number of imide groups is 1. The highest BCUT2D eigenvalue weighted by Gasteiger charge is 2.42. The molecule has 6 nitrogen and oxygen atoms in total. The van der Waals surface area contributed by atoms with Crippen LogP contribution in [0.4, 0.5) is 4.39 Å². The summed E-state index contributed by atoms with van der Waals surface area (Å²) >= 11 is 0. The lowest BCUT2D eigenvalue weighted by Gasteiger charge is -2.25. The Kier molecular flexibility index (Phi) is 4.00. The third-order valence-electron chi connectivity index (χ3n) is 3.61. The molecular formula is C18H14FNO5. The number of hydrogen-bond donors (Lipinski definition) is 0. The van der Waals surface area contributed by atoms with Crippen LogP contribution in [0, 0.1) is 5.82 Å². The summed E-state index contributed by atoms with van der Waals surface area (Å²) in [4.78, 5) is 41.8. The Bertz CT molecular complexity index is 825. The largest absolute Gasteiger partial charge is 0.476 e. The van der Waals surface area contributed by atoms with Crippen LogP contribution in [-0.2, 0) is 9.63 Å². The zero-order valence-corrected chi connectivity index (χ0v) is 13.5. The Hall–Kier alpha value is -3.22. The van der Waals surface area contributed by atoms with E-state index in [4.69, 9.17) is 9.57 Å². The van der Waals surface area contributed by atoms with Gasteiger partial charge in [-0.25, -0.2) is 9.18 Å². The maximum Gasteiger partial charge on any atom is 0.375 e. The molecule has 0 aromatic heterocycles. The number of rotatable bonds is 4. The van der Waals surface area contributed by atoms with Crippen molar-refractivity contribution in [2.75, 3.05) is 0 Å². The van der Waals surface area contributed by atoms with Gasteiger partial charge in [-0.05, 0) is 50.2 Å². The van der Waals surface area contributed by atoms with E-state index in [0.717, 1.165) is 0 Å². The van der Waals surface area contributed by atoms with Gasteiger partial charge in [0.25, 0.3) is 11.8 Å². The molecular weight excluding hydrogens is 329 g/mol. The first kappa shape index (κ1) is 16.6. The van der Waals surface area contributed by atoms with Gasteiger partial charge < -0.3 is 9.57 Å². The van der Waals surface area contributed by atoms with E-state index in [2.05, 4.69) is 0 Å². The maximum atomic E-state index is 12.9. The summed E-state index contributed by atoms with van der Waals surface area (Å²) in [6, 6.07) is 11.2. The molecule has 0 unspecified atom stereocenters. The summed E-state index contributed by atoms with van der Waals surface area (Å²) in [5.74, 6) is -2.58. The molecule has 0 atom stereocenters. The summed E-state index contributed by atoms with van der Waals surface area (Å²) in [6.07, 6.45) is 0. The van der Waals surface area contributed by atoms with Crippen molar-refractivity contribution in [2.45, 2.75) is 19.4 Å². The average Bonchev–Trinajstić information content (AvgIpc) is 2.82. The van der Waals surface area contributed by atoms with Gasteiger partial charge in [-0.1, -0.05) is 17.2 Å². The Balaban J connectivity index is 1.74. The number of amides is 2. The number of benzene rings is 2. The standard InChI is InChI=1S/C18H14FNO5/c1-18(2,24-12-9-7-11(19)8-10-12)17(23)25-20-15(21)13-5-3-4-6-14(13)16(20)22/h3-10H,1-2H3. The minimum atomic E-state index is -1.51. The van der Waals surface area contributed by atoms with Crippen molar-refractivity contribution < 1.29 is 28.3 Å². The lowest BCUT2D eigenvalue weighted by molar-refractivity contribution is -0.184. The smallest absolute Gasteiger partial charge is 0.375 e. The molecule has 0 saturated carbocycles. The van der Waals surface area contributed by atoms with Gasteiger partial charge in [0.15, 0.2) is 0 Å². The molecule has 25 heavy (non-hydrogen) atoms. The molecule has 0 bridgehead atoms. The van der Waals surface area contributed by atoms with Crippen LogP contribution in [-0.4, -0.2) is 28.4 Å². The topological polar surface area (TPSA) is 72.9 Å².